The molecule has 1 aliphatic carbocycles. The van der Waals surface area contributed by atoms with E-state index in [1.54, 1.807) is 12.1 Å². The van der Waals surface area contributed by atoms with Crippen molar-refractivity contribution in [1.29, 1.82) is 0 Å². The zero-order valence-electron chi connectivity index (χ0n) is 8.07. The first-order chi connectivity index (χ1) is 7.08. The van der Waals surface area contributed by atoms with Gasteiger partial charge in [-0.1, -0.05) is 12.8 Å². The minimum absolute atomic E-state index is 0.380. The van der Waals surface area contributed by atoms with Crippen LogP contribution in [0, 0.1) is 5.92 Å². The quantitative estimate of drug-likeness (QED) is 0.908. The molecule has 84 valence electrons. The lowest BCUT2D eigenvalue weighted by atomic mass is 10.3. The molecule has 0 spiro atoms. The van der Waals surface area contributed by atoms with Crippen LogP contribution in [0.4, 0.5) is 0 Å². The SMILES string of the molecule is O=S(=O)(NCCC1CC1)c1ccc(Br)s1. The zero-order chi connectivity index (χ0) is 10.9. The molecule has 0 aromatic carbocycles. The lowest BCUT2D eigenvalue weighted by Gasteiger charge is -2.03. The molecule has 1 aromatic heterocycles. The van der Waals surface area contributed by atoms with E-state index in [1.165, 1.54) is 24.2 Å². The van der Waals surface area contributed by atoms with E-state index in [2.05, 4.69) is 20.7 Å². The minimum atomic E-state index is -3.27. The lowest BCUT2D eigenvalue weighted by Crippen LogP contribution is -2.24. The normalized spacial score (nSPS) is 16.9. The predicted octanol–water partition coefficient (Wildman–Crippen LogP) is 2.59. The van der Waals surface area contributed by atoms with Gasteiger partial charge in [0.05, 0.1) is 3.79 Å². The second-order valence-electron chi connectivity index (χ2n) is 3.69. The molecule has 2 rings (SSSR count). The topological polar surface area (TPSA) is 46.2 Å². The number of hydrogen-bond acceptors (Lipinski definition) is 3. The van der Waals surface area contributed by atoms with Crippen molar-refractivity contribution in [1.82, 2.24) is 4.72 Å². The van der Waals surface area contributed by atoms with Crippen molar-refractivity contribution >= 4 is 37.3 Å². The standard InChI is InChI=1S/C9H12BrNO2S2/c10-8-3-4-9(14-8)15(12,13)11-6-5-7-1-2-7/h3-4,7,11H,1-2,5-6H2. The van der Waals surface area contributed by atoms with Crippen molar-refractivity contribution < 1.29 is 8.42 Å². The Morgan fingerprint density at radius 1 is 1.47 bits per heavy atom. The summed E-state index contributed by atoms with van der Waals surface area (Å²) in [6.45, 7) is 0.558. The van der Waals surface area contributed by atoms with Crippen LogP contribution >= 0.6 is 27.3 Å². The molecule has 1 fully saturated rings. The lowest BCUT2D eigenvalue weighted by molar-refractivity contribution is 0.577. The second-order valence-corrected chi connectivity index (χ2v) is 8.15. The third-order valence-electron chi connectivity index (χ3n) is 2.35. The van der Waals surface area contributed by atoms with Crippen LogP contribution in [0.15, 0.2) is 20.1 Å². The van der Waals surface area contributed by atoms with E-state index in [0.717, 1.165) is 16.1 Å². The highest BCUT2D eigenvalue weighted by molar-refractivity contribution is 9.11. The van der Waals surface area contributed by atoms with Gasteiger partial charge in [0, 0.05) is 6.54 Å². The van der Waals surface area contributed by atoms with Crippen LogP contribution < -0.4 is 4.72 Å². The summed E-state index contributed by atoms with van der Waals surface area (Å²) in [5.41, 5.74) is 0. The van der Waals surface area contributed by atoms with Crippen LogP contribution in [0.25, 0.3) is 0 Å². The Bertz CT molecular complexity index is 437. The summed E-state index contributed by atoms with van der Waals surface area (Å²) in [4.78, 5) is 0. The highest BCUT2D eigenvalue weighted by Gasteiger charge is 2.22. The molecule has 15 heavy (non-hydrogen) atoms. The highest BCUT2D eigenvalue weighted by Crippen LogP contribution is 2.32. The smallest absolute Gasteiger partial charge is 0.210 e. The third kappa shape index (κ3) is 3.27. The van der Waals surface area contributed by atoms with Crippen LogP contribution in [0.5, 0.6) is 0 Å². The Morgan fingerprint density at radius 3 is 2.73 bits per heavy atom. The van der Waals surface area contributed by atoms with Gasteiger partial charge in [-0.05, 0) is 40.4 Å². The Morgan fingerprint density at radius 2 is 2.20 bits per heavy atom. The molecule has 0 unspecified atom stereocenters. The van der Waals surface area contributed by atoms with E-state index in [9.17, 15) is 8.42 Å². The molecular formula is C9H12BrNO2S2. The Hall–Kier alpha value is 0.0900. The molecule has 6 heteroatoms. The van der Waals surface area contributed by atoms with Crippen LogP contribution in [-0.2, 0) is 10.0 Å². The van der Waals surface area contributed by atoms with Gasteiger partial charge in [0.1, 0.15) is 4.21 Å². The Labute approximate surface area is 102 Å². The highest BCUT2D eigenvalue weighted by atomic mass is 79.9. The maximum atomic E-state index is 11.7. The summed E-state index contributed by atoms with van der Waals surface area (Å²) in [7, 11) is -3.27. The first kappa shape index (κ1) is 11.6. The van der Waals surface area contributed by atoms with Gasteiger partial charge in [-0.3, -0.25) is 0 Å². The molecule has 0 radical (unpaired) electrons. The van der Waals surface area contributed by atoms with Crippen molar-refractivity contribution in [2.75, 3.05) is 6.54 Å². The Kier molecular flexibility index (Phi) is 3.49. The van der Waals surface area contributed by atoms with Crippen molar-refractivity contribution in [3.8, 4) is 0 Å². The van der Waals surface area contributed by atoms with E-state index >= 15 is 0 Å². The average Bonchev–Trinajstić information content (AvgIpc) is 2.86. The first-order valence-corrected chi connectivity index (χ1v) is 7.92. The molecule has 0 aliphatic heterocycles. The molecule has 1 aromatic rings. The van der Waals surface area contributed by atoms with Gasteiger partial charge in [0.25, 0.3) is 0 Å². The number of sulfonamides is 1. The van der Waals surface area contributed by atoms with E-state index in [-0.39, 0.29) is 0 Å². The first-order valence-electron chi connectivity index (χ1n) is 4.83. The Balaban J connectivity index is 1.93. The van der Waals surface area contributed by atoms with Gasteiger partial charge in [0.2, 0.25) is 10.0 Å². The molecule has 0 bridgehead atoms. The molecule has 0 atom stereocenters. The molecule has 1 heterocycles. The summed E-state index contributed by atoms with van der Waals surface area (Å²) in [6.07, 6.45) is 3.48. The summed E-state index contributed by atoms with van der Waals surface area (Å²) >= 11 is 4.49. The van der Waals surface area contributed by atoms with E-state index in [1.807, 2.05) is 0 Å². The summed E-state index contributed by atoms with van der Waals surface area (Å²) in [6, 6.07) is 3.37. The van der Waals surface area contributed by atoms with Gasteiger partial charge >= 0.3 is 0 Å². The molecule has 0 saturated heterocycles. The minimum Gasteiger partial charge on any atom is -0.210 e. The van der Waals surface area contributed by atoms with Gasteiger partial charge in [0.15, 0.2) is 0 Å². The maximum Gasteiger partial charge on any atom is 0.250 e. The second kappa shape index (κ2) is 4.53. The number of hydrogen-bond donors (Lipinski definition) is 1. The molecule has 1 aliphatic rings. The van der Waals surface area contributed by atoms with Crippen molar-refractivity contribution in [3.05, 3.63) is 15.9 Å². The van der Waals surface area contributed by atoms with Crippen molar-refractivity contribution in [2.24, 2.45) is 5.92 Å². The third-order valence-corrected chi connectivity index (χ3v) is 5.93. The fourth-order valence-electron chi connectivity index (χ4n) is 1.32. The largest absolute Gasteiger partial charge is 0.250 e. The average molecular weight is 310 g/mol. The monoisotopic (exact) mass is 309 g/mol. The van der Waals surface area contributed by atoms with Crippen molar-refractivity contribution in [3.63, 3.8) is 0 Å². The number of halogens is 1. The summed E-state index contributed by atoms with van der Waals surface area (Å²) < 4.78 is 27.3. The number of nitrogens with one attached hydrogen (secondary N) is 1. The van der Waals surface area contributed by atoms with Crippen LogP contribution in [-0.4, -0.2) is 15.0 Å². The van der Waals surface area contributed by atoms with E-state index in [0.29, 0.717) is 10.8 Å². The maximum absolute atomic E-state index is 11.7. The molecular weight excluding hydrogens is 298 g/mol. The van der Waals surface area contributed by atoms with Gasteiger partial charge < -0.3 is 0 Å². The molecule has 1 N–H and O–H groups in total. The number of thiophene rings is 1. The van der Waals surface area contributed by atoms with Gasteiger partial charge in [-0.15, -0.1) is 11.3 Å². The summed E-state index contributed by atoms with van der Waals surface area (Å²) in [5, 5.41) is 0. The van der Waals surface area contributed by atoms with Crippen LogP contribution in [0.2, 0.25) is 0 Å². The molecule has 1 saturated carbocycles. The van der Waals surface area contributed by atoms with E-state index in [4.69, 9.17) is 0 Å². The number of rotatable bonds is 5. The van der Waals surface area contributed by atoms with Crippen LogP contribution in [0.1, 0.15) is 19.3 Å². The van der Waals surface area contributed by atoms with Gasteiger partial charge in [-0.2, -0.15) is 0 Å². The van der Waals surface area contributed by atoms with Crippen molar-refractivity contribution in [2.45, 2.75) is 23.5 Å². The fourth-order valence-corrected chi connectivity index (χ4v) is 4.42. The predicted molar refractivity (Wildman–Crippen MR) is 64.5 cm³/mol. The van der Waals surface area contributed by atoms with Crippen LogP contribution in [0.3, 0.4) is 0 Å². The molecule has 0 amide bonds. The fraction of sp³-hybridized carbons (Fsp3) is 0.556. The van der Waals surface area contributed by atoms with Gasteiger partial charge in [-0.25, -0.2) is 13.1 Å². The molecule has 3 nitrogen and oxygen atoms in total. The zero-order valence-corrected chi connectivity index (χ0v) is 11.3. The summed E-state index contributed by atoms with van der Waals surface area (Å²) in [5.74, 6) is 0.753. The van der Waals surface area contributed by atoms with E-state index < -0.39 is 10.0 Å².